The summed E-state index contributed by atoms with van der Waals surface area (Å²) in [7, 11) is -3.42. The van der Waals surface area contributed by atoms with Crippen molar-refractivity contribution in [3.63, 3.8) is 0 Å². The van der Waals surface area contributed by atoms with Crippen LogP contribution in [0.5, 0.6) is 0 Å². The van der Waals surface area contributed by atoms with E-state index in [4.69, 9.17) is 11.6 Å². The average molecular weight is 262 g/mol. The largest absolute Gasteiger partial charge is 0.240 e. The topological polar surface area (TPSA) is 46.2 Å². The Bertz CT molecular complexity index is 428. The molecule has 5 heteroatoms. The Kier molecular flexibility index (Phi) is 4.77. The molecule has 0 spiro atoms. The summed E-state index contributed by atoms with van der Waals surface area (Å²) in [5.74, 6) is 0. The van der Waals surface area contributed by atoms with Gasteiger partial charge in [0.2, 0.25) is 10.0 Å². The molecule has 0 bridgehead atoms. The van der Waals surface area contributed by atoms with E-state index in [1.807, 2.05) is 13.8 Å². The van der Waals surface area contributed by atoms with Gasteiger partial charge >= 0.3 is 0 Å². The first-order valence-corrected chi connectivity index (χ1v) is 7.08. The van der Waals surface area contributed by atoms with Gasteiger partial charge in [-0.1, -0.05) is 24.6 Å². The van der Waals surface area contributed by atoms with Crippen LogP contribution in [0.4, 0.5) is 0 Å². The fourth-order valence-corrected chi connectivity index (χ4v) is 2.40. The molecule has 0 amide bonds. The number of benzene rings is 1. The van der Waals surface area contributed by atoms with Crippen molar-refractivity contribution in [2.24, 2.45) is 0 Å². The number of halogens is 1. The molecule has 0 radical (unpaired) electrons. The summed E-state index contributed by atoms with van der Waals surface area (Å²) in [6.07, 6.45) is 0.734. The lowest BCUT2D eigenvalue weighted by Crippen LogP contribution is -2.29. The summed E-state index contributed by atoms with van der Waals surface area (Å²) in [4.78, 5) is 0.276. The molecular weight excluding hydrogens is 246 g/mol. The van der Waals surface area contributed by atoms with Crippen LogP contribution >= 0.6 is 11.6 Å². The second-order valence-electron chi connectivity index (χ2n) is 3.67. The van der Waals surface area contributed by atoms with Gasteiger partial charge in [-0.15, -0.1) is 11.6 Å². The Hall–Kier alpha value is -0.580. The maximum absolute atomic E-state index is 11.8. The van der Waals surface area contributed by atoms with Crippen molar-refractivity contribution in [3.05, 3.63) is 29.8 Å². The molecular formula is C11H16ClNO2S. The first kappa shape index (κ1) is 13.5. The molecule has 0 aliphatic carbocycles. The summed E-state index contributed by atoms with van der Waals surface area (Å²) in [6.45, 7) is 4.09. The maximum Gasteiger partial charge on any atom is 0.240 e. The molecule has 0 aliphatic heterocycles. The van der Waals surface area contributed by atoms with E-state index >= 15 is 0 Å². The molecule has 1 unspecified atom stereocenters. The number of sulfonamides is 1. The number of alkyl halides is 1. The molecule has 1 rings (SSSR count). The highest BCUT2D eigenvalue weighted by molar-refractivity contribution is 7.89. The molecule has 1 N–H and O–H groups in total. The van der Waals surface area contributed by atoms with E-state index in [1.165, 1.54) is 0 Å². The zero-order valence-electron chi connectivity index (χ0n) is 9.40. The van der Waals surface area contributed by atoms with E-state index in [0.29, 0.717) is 0 Å². The van der Waals surface area contributed by atoms with Crippen molar-refractivity contribution >= 4 is 21.6 Å². The van der Waals surface area contributed by atoms with Gasteiger partial charge in [0.05, 0.1) is 4.90 Å². The number of nitrogens with one attached hydrogen (secondary N) is 1. The molecule has 0 saturated carbocycles. The van der Waals surface area contributed by atoms with E-state index in [2.05, 4.69) is 4.72 Å². The Morgan fingerprint density at radius 1 is 1.31 bits per heavy atom. The van der Waals surface area contributed by atoms with Crippen molar-refractivity contribution in [2.45, 2.75) is 30.5 Å². The predicted octanol–water partition coefficient (Wildman–Crippen LogP) is 2.29. The first-order chi connectivity index (χ1) is 7.45. The fraction of sp³-hybridized carbons (Fsp3) is 0.455. The number of aryl methyl sites for hydroxylation is 1. The Morgan fingerprint density at radius 3 is 2.38 bits per heavy atom. The molecule has 0 aliphatic rings. The van der Waals surface area contributed by atoms with Gasteiger partial charge in [0.1, 0.15) is 0 Å². The van der Waals surface area contributed by atoms with Crippen molar-refractivity contribution in [3.8, 4) is 0 Å². The minimum Gasteiger partial charge on any atom is -0.210 e. The van der Waals surface area contributed by atoms with Crippen LogP contribution in [0.15, 0.2) is 29.2 Å². The zero-order chi connectivity index (χ0) is 12.2. The van der Waals surface area contributed by atoms with E-state index < -0.39 is 10.0 Å². The van der Waals surface area contributed by atoms with Crippen molar-refractivity contribution < 1.29 is 8.42 Å². The molecule has 1 aromatic carbocycles. The van der Waals surface area contributed by atoms with Gasteiger partial charge < -0.3 is 0 Å². The molecule has 16 heavy (non-hydrogen) atoms. The minimum atomic E-state index is -3.42. The van der Waals surface area contributed by atoms with Gasteiger partial charge in [-0.2, -0.15) is 0 Å². The van der Waals surface area contributed by atoms with Crippen LogP contribution in [0.2, 0.25) is 0 Å². The van der Waals surface area contributed by atoms with Crippen LogP contribution in [0.1, 0.15) is 18.9 Å². The highest BCUT2D eigenvalue weighted by Crippen LogP contribution is 2.10. The normalized spacial score (nSPS) is 13.7. The molecule has 0 aromatic heterocycles. The Morgan fingerprint density at radius 2 is 1.88 bits per heavy atom. The van der Waals surface area contributed by atoms with Crippen molar-refractivity contribution in [2.75, 3.05) is 6.54 Å². The van der Waals surface area contributed by atoms with Crippen LogP contribution in [0, 0.1) is 6.92 Å². The third-order valence-electron chi connectivity index (χ3n) is 2.27. The quantitative estimate of drug-likeness (QED) is 0.827. The van der Waals surface area contributed by atoms with Gasteiger partial charge in [0.15, 0.2) is 0 Å². The second-order valence-corrected chi connectivity index (χ2v) is 6.05. The SMILES string of the molecule is CCC(Cl)CNS(=O)(=O)c1ccc(C)cc1. The van der Waals surface area contributed by atoms with E-state index in [-0.39, 0.29) is 16.8 Å². The molecule has 90 valence electrons. The third-order valence-corrected chi connectivity index (χ3v) is 4.17. The van der Waals surface area contributed by atoms with Gasteiger partial charge in [0.25, 0.3) is 0 Å². The summed E-state index contributed by atoms with van der Waals surface area (Å²) in [6, 6.07) is 6.72. The van der Waals surface area contributed by atoms with E-state index in [1.54, 1.807) is 24.3 Å². The third kappa shape index (κ3) is 3.77. The maximum atomic E-state index is 11.8. The monoisotopic (exact) mass is 261 g/mol. The predicted molar refractivity (Wildman–Crippen MR) is 66.3 cm³/mol. The molecule has 3 nitrogen and oxygen atoms in total. The smallest absolute Gasteiger partial charge is 0.210 e. The average Bonchev–Trinajstić information content (AvgIpc) is 2.26. The second kappa shape index (κ2) is 5.66. The number of hydrogen-bond acceptors (Lipinski definition) is 2. The molecule has 1 aromatic rings. The van der Waals surface area contributed by atoms with Gasteiger partial charge in [-0.25, -0.2) is 13.1 Å². The Balaban J connectivity index is 2.74. The first-order valence-electron chi connectivity index (χ1n) is 5.16. The van der Waals surface area contributed by atoms with Gasteiger partial charge in [-0.3, -0.25) is 0 Å². The summed E-state index contributed by atoms with van der Waals surface area (Å²) in [5.41, 5.74) is 1.03. The van der Waals surface area contributed by atoms with Crippen LogP contribution in [0.25, 0.3) is 0 Å². The molecule has 0 saturated heterocycles. The van der Waals surface area contributed by atoms with Gasteiger partial charge in [0, 0.05) is 11.9 Å². The van der Waals surface area contributed by atoms with Crippen molar-refractivity contribution in [1.82, 2.24) is 4.72 Å². The van der Waals surface area contributed by atoms with E-state index in [9.17, 15) is 8.42 Å². The van der Waals surface area contributed by atoms with Crippen molar-refractivity contribution in [1.29, 1.82) is 0 Å². The van der Waals surface area contributed by atoms with Gasteiger partial charge in [-0.05, 0) is 25.5 Å². The Labute approximate surface area is 102 Å². The summed E-state index contributed by atoms with van der Waals surface area (Å²) >= 11 is 5.86. The highest BCUT2D eigenvalue weighted by atomic mass is 35.5. The molecule has 1 atom stereocenters. The number of hydrogen-bond donors (Lipinski definition) is 1. The van der Waals surface area contributed by atoms with E-state index in [0.717, 1.165) is 12.0 Å². The highest BCUT2D eigenvalue weighted by Gasteiger charge is 2.14. The lowest BCUT2D eigenvalue weighted by Gasteiger charge is -2.09. The lowest BCUT2D eigenvalue weighted by atomic mass is 10.2. The standard InChI is InChI=1S/C11H16ClNO2S/c1-3-10(12)8-13-16(14,15)11-6-4-9(2)5-7-11/h4-7,10,13H,3,8H2,1-2H3. The summed E-state index contributed by atoms with van der Waals surface area (Å²) < 4.78 is 26.1. The molecule has 0 fully saturated rings. The zero-order valence-corrected chi connectivity index (χ0v) is 11.0. The minimum absolute atomic E-state index is 0.166. The van der Waals surface area contributed by atoms with Crippen LogP contribution in [-0.4, -0.2) is 20.3 Å². The lowest BCUT2D eigenvalue weighted by molar-refractivity contribution is 0.579. The van der Waals surface area contributed by atoms with Crippen LogP contribution in [-0.2, 0) is 10.0 Å². The fourth-order valence-electron chi connectivity index (χ4n) is 1.15. The van der Waals surface area contributed by atoms with Crippen LogP contribution in [0.3, 0.4) is 0 Å². The van der Waals surface area contributed by atoms with Crippen LogP contribution < -0.4 is 4.72 Å². The number of rotatable bonds is 5. The summed E-state index contributed by atoms with van der Waals surface area (Å²) in [5, 5.41) is -0.166. The molecule has 0 heterocycles.